The third-order valence-corrected chi connectivity index (χ3v) is 6.00. The Morgan fingerprint density at radius 1 is 1.60 bits per heavy atom. The molecular formula is C17H25N5O3. The quantitative estimate of drug-likeness (QED) is 0.757. The van der Waals surface area contributed by atoms with E-state index in [4.69, 9.17) is 10.5 Å². The van der Waals surface area contributed by atoms with Crippen molar-refractivity contribution >= 4 is 11.8 Å². The van der Waals surface area contributed by atoms with Crippen molar-refractivity contribution in [2.75, 3.05) is 26.7 Å². The molecule has 0 unspecified atom stereocenters. The van der Waals surface area contributed by atoms with Crippen LogP contribution in [0.2, 0.25) is 0 Å². The Balaban J connectivity index is 1.55. The smallest absolute Gasteiger partial charge is 0.229 e. The molecule has 3 saturated heterocycles. The van der Waals surface area contributed by atoms with E-state index in [1.165, 1.54) is 0 Å². The fourth-order valence-electron chi connectivity index (χ4n) is 4.79. The van der Waals surface area contributed by atoms with Crippen molar-refractivity contribution in [3.8, 4) is 0 Å². The fourth-order valence-corrected chi connectivity index (χ4v) is 4.79. The molecule has 3 N–H and O–H groups in total. The SMILES string of the molecule is Cc1[nH]ncc1CN(C)C(=O)[C@H]1[C@@H]2CC[C@@]3(CN(CCN)C(=O)[C@@H]13)O2. The molecule has 136 valence electrons. The van der Waals surface area contributed by atoms with Crippen LogP contribution in [0.4, 0.5) is 0 Å². The van der Waals surface area contributed by atoms with Crippen LogP contribution in [0, 0.1) is 18.8 Å². The average molecular weight is 347 g/mol. The third kappa shape index (κ3) is 2.38. The number of nitrogens with two attached hydrogens (primary N) is 1. The van der Waals surface area contributed by atoms with Crippen LogP contribution in [0.1, 0.15) is 24.1 Å². The van der Waals surface area contributed by atoms with Crippen LogP contribution in [-0.2, 0) is 20.9 Å². The van der Waals surface area contributed by atoms with Crippen LogP contribution < -0.4 is 5.73 Å². The number of hydrogen-bond donors (Lipinski definition) is 2. The summed E-state index contributed by atoms with van der Waals surface area (Å²) in [5.74, 6) is -0.738. The summed E-state index contributed by atoms with van der Waals surface area (Å²) in [5, 5.41) is 6.89. The van der Waals surface area contributed by atoms with Gasteiger partial charge in [-0.15, -0.1) is 0 Å². The first-order valence-electron chi connectivity index (χ1n) is 8.87. The highest BCUT2D eigenvalue weighted by Gasteiger charge is 2.68. The second kappa shape index (κ2) is 5.81. The summed E-state index contributed by atoms with van der Waals surface area (Å²) in [7, 11) is 1.78. The second-order valence-electron chi connectivity index (χ2n) is 7.53. The van der Waals surface area contributed by atoms with Gasteiger partial charge in [-0.3, -0.25) is 14.7 Å². The molecule has 1 spiro atoms. The first kappa shape index (κ1) is 16.5. The first-order chi connectivity index (χ1) is 12.0. The van der Waals surface area contributed by atoms with Gasteiger partial charge in [-0.05, 0) is 19.8 Å². The average Bonchev–Trinajstić information content (AvgIpc) is 3.31. The number of aromatic nitrogens is 2. The van der Waals surface area contributed by atoms with Crippen LogP contribution >= 0.6 is 0 Å². The topological polar surface area (TPSA) is 105 Å². The summed E-state index contributed by atoms with van der Waals surface area (Å²) in [6.07, 6.45) is 3.29. The van der Waals surface area contributed by atoms with Gasteiger partial charge in [0.25, 0.3) is 0 Å². The zero-order valence-corrected chi connectivity index (χ0v) is 14.7. The number of amides is 2. The minimum atomic E-state index is -0.482. The Hall–Kier alpha value is -1.93. The van der Waals surface area contributed by atoms with E-state index in [0.717, 1.165) is 24.1 Å². The number of carbonyl (C=O) groups is 2. The molecule has 0 aliphatic carbocycles. The van der Waals surface area contributed by atoms with Crippen molar-refractivity contribution in [2.24, 2.45) is 17.6 Å². The highest BCUT2D eigenvalue weighted by Crippen LogP contribution is 2.55. The maximum Gasteiger partial charge on any atom is 0.229 e. The number of nitrogens with zero attached hydrogens (tertiary/aromatic N) is 3. The van der Waals surface area contributed by atoms with Gasteiger partial charge in [-0.25, -0.2) is 0 Å². The summed E-state index contributed by atoms with van der Waals surface area (Å²) < 4.78 is 6.20. The van der Waals surface area contributed by atoms with Crippen molar-refractivity contribution in [1.29, 1.82) is 0 Å². The number of ether oxygens (including phenoxy) is 1. The number of nitrogens with one attached hydrogen (secondary N) is 1. The lowest BCUT2D eigenvalue weighted by Crippen LogP contribution is -2.46. The number of aromatic amines is 1. The van der Waals surface area contributed by atoms with Crippen LogP contribution in [0.25, 0.3) is 0 Å². The maximum atomic E-state index is 13.1. The van der Waals surface area contributed by atoms with Crippen LogP contribution in [-0.4, -0.2) is 70.2 Å². The van der Waals surface area contributed by atoms with Gasteiger partial charge in [-0.1, -0.05) is 0 Å². The van der Waals surface area contributed by atoms with Crippen LogP contribution in [0.3, 0.4) is 0 Å². The minimum Gasteiger partial charge on any atom is -0.368 e. The molecule has 8 nitrogen and oxygen atoms in total. The molecule has 0 saturated carbocycles. The molecule has 4 rings (SSSR count). The number of hydrogen-bond acceptors (Lipinski definition) is 5. The normalized spacial score (nSPS) is 33.2. The van der Waals surface area contributed by atoms with Crippen molar-refractivity contribution < 1.29 is 14.3 Å². The van der Waals surface area contributed by atoms with Crippen molar-refractivity contribution in [2.45, 2.75) is 38.0 Å². The fraction of sp³-hybridized carbons (Fsp3) is 0.706. The van der Waals surface area contributed by atoms with E-state index in [-0.39, 0.29) is 29.8 Å². The Morgan fingerprint density at radius 3 is 3.08 bits per heavy atom. The largest absolute Gasteiger partial charge is 0.368 e. The third-order valence-electron chi connectivity index (χ3n) is 6.00. The van der Waals surface area contributed by atoms with E-state index in [0.29, 0.717) is 26.2 Å². The maximum absolute atomic E-state index is 13.1. The molecule has 3 fully saturated rings. The van der Waals surface area contributed by atoms with E-state index < -0.39 is 5.60 Å². The van der Waals surface area contributed by atoms with Gasteiger partial charge in [0.05, 0.1) is 36.3 Å². The molecule has 3 aliphatic rings. The monoisotopic (exact) mass is 347 g/mol. The van der Waals surface area contributed by atoms with Gasteiger partial charge in [0.2, 0.25) is 11.8 Å². The zero-order chi connectivity index (χ0) is 17.8. The molecule has 4 atom stereocenters. The highest BCUT2D eigenvalue weighted by atomic mass is 16.5. The molecule has 2 amide bonds. The summed E-state index contributed by atoms with van der Waals surface area (Å²) in [4.78, 5) is 29.5. The summed E-state index contributed by atoms with van der Waals surface area (Å²) >= 11 is 0. The molecule has 3 aliphatic heterocycles. The van der Waals surface area contributed by atoms with Crippen molar-refractivity contribution in [3.05, 3.63) is 17.5 Å². The second-order valence-corrected chi connectivity index (χ2v) is 7.53. The van der Waals surface area contributed by atoms with E-state index >= 15 is 0 Å². The van der Waals surface area contributed by atoms with Crippen LogP contribution in [0.15, 0.2) is 6.20 Å². The van der Waals surface area contributed by atoms with E-state index in [1.807, 2.05) is 6.92 Å². The van der Waals surface area contributed by atoms with Gasteiger partial charge in [0.1, 0.15) is 0 Å². The summed E-state index contributed by atoms with van der Waals surface area (Å²) in [6.45, 7) is 3.93. The number of carbonyl (C=O) groups excluding carboxylic acids is 2. The number of aryl methyl sites for hydroxylation is 1. The van der Waals surface area contributed by atoms with Crippen molar-refractivity contribution in [3.63, 3.8) is 0 Å². The van der Waals surface area contributed by atoms with E-state index in [9.17, 15) is 9.59 Å². The Bertz CT molecular complexity index is 704. The predicted molar refractivity (Wildman–Crippen MR) is 89.3 cm³/mol. The molecule has 1 aromatic heterocycles. The standard InChI is InChI=1S/C17H25N5O3/c1-10-11(7-19-20-10)8-21(2)15(23)13-12-3-4-17(25-12)9-22(6-5-18)16(24)14(13)17/h7,12-14H,3-6,8-9,18H2,1-2H3,(H,19,20)/t12-,13-,14+,17-/m0/s1. The van der Waals surface area contributed by atoms with Crippen LogP contribution in [0.5, 0.6) is 0 Å². The molecule has 2 bridgehead atoms. The molecule has 4 heterocycles. The Kier molecular flexibility index (Phi) is 3.84. The lowest BCUT2D eigenvalue weighted by atomic mass is 9.72. The van der Waals surface area contributed by atoms with E-state index in [2.05, 4.69) is 10.2 Å². The lowest BCUT2D eigenvalue weighted by Gasteiger charge is -2.30. The molecule has 25 heavy (non-hydrogen) atoms. The number of rotatable bonds is 5. The number of likely N-dealkylation sites (tertiary alicyclic amines) is 1. The molecule has 1 aromatic rings. The van der Waals surface area contributed by atoms with Gasteiger partial charge in [-0.2, -0.15) is 5.10 Å². The van der Waals surface area contributed by atoms with E-state index in [1.54, 1.807) is 23.0 Å². The zero-order valence-electron chi connectivity index (χ0n) is 14.7. The molecular weight excluding hydrogens is 322 g/mol. The summed E-state index contributed by atoms with van der Waals surface area (Å²) in [6, 6.07) is 0. The van der Waals surface area contributed by atoms with Gasteiger partial charge < -0.3 is 20.3 Å². The number of H-pyrrole nitrogens is 1. The van der Waals surface area contributed by atoms with Gasteiger partial charge in [0, 0.05) is 37.9 Å². The molecule has 8 heteroatoms. The number of fused-ring (bicyclic) bond motifs is 1. The lowest BCUT2D eigenvalue weighted by molar-refractivity contribution is -0.143. The van der Waals surface area contributed by atoms with Crippen molar-refractivity contribution in [1.82, 2.24) is 20.0 Å². The summed E-state index contributed by atoms with van der Waals surface area (Å²) in [5.41, 5.74) is 7.08. The predicted octanol–water partition coefficient (Wildman–Crippen LogP) is -0.359. The minimum absolute atomic E-state index is 0.0138. The Morgan fingerprint density at radius 2 is 2.40 bits per heavy atom. The van der Waals surface area contributed by atoms with Gasteiger partial charge in [0.15, 0.2) is 0 Å². The Labute approximate surface area is 146 Å². The molecule has 0 radical (unpaired) electrons. The first-order valence-corrected chi connectivity index (χ1v) is 8.87. The highest BCUT2D eigenvalue weighted by molar-refractivity contribution is 5.92. The van der Waals surface area contributed by atoms with Gasteiger partial charge >= 0.3 is 0 Å². The molecule has 0 aromatic carbocycles.